The number of hydrogen-bond donors (Lipinski definition) is 2. The zero-order chi connectivity index (χ0) is 27.7. The summed E-state index contributed by atoms with van der Waals surface area (Å²) in [5, 5.41) is 9.86. The molecule has 7 nitrogen and oxygen atoms in total. The molecule has 2 amide bonds. The summed E-state index contributed by atoms with van der Waals surface area (Å²) in [5.74, 6) is -1.52. The Labute approximate surface area is 213 Å². The summed E-state index contributed by atoms with van der Waals surface area (Å²) in [7, 11) is 0. The normalized spacial score (nSPS) is 12.0. The maximum absolute atomic E-state index is 13.7. The predicted octanol–water partition coefficient (Wildman–Crippen LogP) is 5.53. The molecule has 0 aliphatic rings. The van der Waals surface area contributed by atoms with Gasteiger partial charge in [-0.1, -0.05) is 6.07 Å². The topological polar surface area (TPSA) is 88.9 Å². The van der Waals surface area contributed by atoms with E-state index in [1.807, 2.05) is 0 Å². The van der Waals surface area contributed by atoms with E-state index in [0.717, 1.165) is 26.0 Å². The summed E-state index contributed by atoms with van der Waals surface area (Å²) in [6.45, 7) is 1.07. The first-order valence-corrected chi connectivity index (χ1v) is 11.3. The van der Waals surface area contributed by atoms with Gasteiger partial charge in [0.05, 0.1) is 28.0 Å². The Morgan fingerprint density at radius 2 is 1.79 bits per heavy atom. The molecule has 4 aromatic rings. The largest absolute Gasteiger partial charge is 0.416 e. The first kappa shape index (κ1) is 26.7. The number of pyridine rings is 1. The lowest BCUT2D eigenvalue weighted by atomic mass is 10.1. The average molecular weight is 531 g/mol. The van der Waals surface area contributed by atoms with Gasteiger partial charge in [-0.05, 0) is 61.9 Å². The van der Waals surface area contributed by atoms with Crippen molar-refractivity contribution in [1.82, 2.24) is 20.1 Å². The fourth-order valence-corrected chi connectivity index (χ4v) is 3.59. The molecule has 2 aromatic carbocycles. The molecule has 38 heavy (non-hydrogen) atoms. The Balaban J connectivity index is 1.55. The number of nitrogens with zero attached hydrogens (tertiary/aromatic N) is 3. The van der Waals surface area contributed by atoms with Gasteiger partial charge < -0.3 is 10.6 Å². The van der Waals surface area contributed by atoms with Gasteiger partial charge in [0.25, 0.3) is 11.8 Å². The van der Waals surface area contributed by atoms with Crippen molar-refractivity contribution >= 4 is 28.4 Å². The number of carbonyl (C=O) groups is 2. The van der Waals surface area contributed by atoms with Crippen molar-refractivity contribution in [2.45, 2.75) is 38.9 Å². The Morgan fingerprint density at radius 1 is 1.03 bits per heavy atom. The minimum absolute atomic E-state index is 0.0708. The molecule has 2 aromatic heterocycles. The van der Waals surface area contributed by atoms with Gasteiger partial charge in [0.1, 0.15) is 6.67 Å². The lowest BCUT2D eigenvalue weighted by molar-refractivity contribution is -0.137. The molecule has 12 heteroatoms. The second-order valence-electron chi connectivity index (χ2n) is 8.98. The quantitative estimate of drug-likeness (QED) is 0.307. The number of hydrogen-bond acceptors (Lipinski definition) is 4. The van der Waals surface area contributed by atoms with Gasteiger partial charge >= 0.3 is 6.18 Å². The maximum atomic E-state index is 13.7. The molecule has 4 rings (SSSR count). The minimum atomic E-state index is -4.50. The summed E-state index contributed by atoms with van der Waals surface area (Å²) < 4.78 is 67.8. The zero-order valence-corrected chi connectivity index (χ0v) is 20.2. The van der Waals surface area contributed by atoms with E-state index in [9.17, 15) is 31.5 Å². The Hall–Kier alpha value is -4.35. The monoisotopic (exact) mass is 531 g/mol. The third-order valence-electron chi connectivity index (χ3n) is 5.59. The first-order valence-electron chi connectivity index (χ1n) is 11.3. The first-order chi connectivity index (χ1) is 17.8. The van der Waals surface area contributed by atoms with Crippen molar-refractivity contribution in [3.05, 3.63) is 83.3 Å². The highest BCUT2D eigenvalue weighted by Crippen LogP contribution is 2.30. The van der Waals surface area contributed by atoms with Gasteiger partial charge in [0.15, 0.2) is 5.67 Å². The molecule has 0 bridgehead atoms. The summed E-state index contributed by atoms with van der Waals surface area (Å²) >= 11 is 0. The molecule has 0 atom stereocenters. The molecule has 0 aliphatic heterocycles. The molecule has 0 saturated carbocycles. The van der Waals surface area contributed by atoms with Gasteiger partial charge in [-0.2, -0.15) is 18.3 Å². The van der Waals surface area contributed by atoms with E-state index in [1.165, 1.54) is 35.3 Å². The molecule has 0 aliphatic carbocycles. The fourth-order valence-electron chi connectivity index (χ4n) is 3.59. The van der Waals surface area contributed by atoms with Gasteiger partial charge in [-0.15, -0.1) is 0 Å². The molecular weight excluding hydrogens is 509 g/mol. The van der Waals surface area contributed by atoms with Crippen molar-refractivity contribution in [3.63, 3.8) is 0 Å². The van der Waals surface area contributed by atoms with Crippen molar-refractivity contribution in [2.75, 3.05) is 5.32 Å². The Morgan fingerprint density at radius 3 is 2.47 bits per heavy atom. The standard InChI is InChI=1S/C26H22F5N5O2/c1-25(2,28)24(38)33-13-15-8-20(22(11-27)32-12-15)23(37)34-18-6-7-21-16(9-18)14-36(35-21)19-5-3-4-17(10-19)26(29,30)31/h3-10,12,14H,11,13H2,1-2H3,(H,33,38)(H,34,37). The van der Waals surface area contributed by atoms with Gasteiger partial charge in [-0.25, -0.2) is 13.5 Å². The Bertz CT molecular complexity index is 1510. The summed E-state index contributed by atoms with van der Waals surface area (Å²) in [5.41, 5.74) is -1.73. The van der Waals surface area contributed by atoms with E-state index in [-0.39, 0.29) is 23.5 Å². The van der Waals surface area contributed by atoms with Crippen LogP contribution in [0.5, 0.6) is 0 Å². The number of nitrogens with one attached hydrogen (secondary N) is 2. The molecule has 2 heterocycles. The van der Waals surface area contributed by atoms with E-state index in [0.29, 0.717) is 22.2 Å². The van der Waals surface area contributed by atoms with Gasteiger partial charge in [-0.3, -0.25) is 14.6 Å². The smallest absolute Gasteiger partial charge is 0.349 e. The van der Waals surface area contributed by atoms with Gasteiger partial charge in [0.2, 0.25) is 0 Å². The highest BCUT2D eigenvalue weighted by molar-refractivity contribution is 6.06. The van der Waals surface area contributed by atoms with Crippen LogP contribution in [0, 0.1) is 0 Å². The number of amides is 2. The summed E-state index contributed by atoms with van der Waals surface area (Å²) in [6, 6.07) is 10.8. The van der Waals surface area contributed by atoms with Crippen LogP contribution in [0.4, 0.5) is 27.6 Å². The van der Waals surface area contributed by atoms with Crippen molar-refractivity contribution < 1.29 is 31.5 Å². The molecule has 0 unspecified atom stereocenters. The molecule has 0 saturated heterocycles. The van der Waals surface area contributed by atoms with Crippen LogP contribution in [0.2, 0.25) is 0 Å². The number of halogens is 5. The summed E-state index contributed by atoms with van der Waals surface area (Å²) in [4.78, 5) is 28.7. The van der Waals surface area contributed by atoms with Crippen LogP contribution >= 0.6 is 0 Å². The third kappa shape index (κ3) is 5.96. The van der Waals surface area contributed by atoms with Crippen LogP contribution in [0.15, 0.2) is 60.9 Å². The van der Waals surface area contributed by atoms with Crippen LogP contribution in [0.3, 0.4) is 0 Å². The highest BCUT2D eigenvalue weighted by Gasteiger charge is 2.30. The number of alkyl halides is 5. The lowest BCUT2D eigenvalue weighted by Crippen LogP contribution is -2.38. The minimum Gasteiger partial charge on any atom is -0.349 e. The summed E-state index contributed by atoms with van der Waals surface area (Å²) in [6.07, 6.45) is -1.70. The average Bonchev–Trinajstić information content (AvgIpc) is 3.29. The van der Waals surface area contributed by atoms with Crippen LogP contribution in [0.1, 0.15) is 41.0 Å². The highest BCUT2D eigenvalue weighted by atomic mass is 19.4. The number of anilines is 1. The zero-order valence-electron chi connectivity index (χ0n) is 20.2. The van der Waals surface area contributed by atoms with Crippen LogP contribution in [0.25, 0.3) is 16.6 Å². The maximum Gasteiger partial charge on any atom is 0.416 e. The number of fused-ring (bicyclic) bond motifs is 1. The van der Waals surface area contributed by atoms with Crippen molar-refractivity contribution in [1.29, 1.82) is 0 Å². The number of aromatic nitrogens is 3. The van der Waals surface area contributed by atoms with E-state index in [4.69, 9.17) is 0 Å². The molecular formula is C26H22F5N5O2. The number of benzene rings is 2. The van der Waals surface area contributed by atoms with E-state index < -0.39 is 35.9 Å². The van der Waals surface area contributed by atoms with Crippen LogP contribution < -0.4 is 10.6 Å². The molecule has 2 N–H and O–H groups in total. The van der Waals surface area contributed by atoms with Crippen LogP contribution in [-0.2, 0) is 24.2 Å². The van der Waals surface area contributed by atoms with E-state index >= 15 is 0 Å². The molecule has 0 radical (unpaired) electrons. The Kier molecular flexibility index (Phi) is 7.16. The van der Waals surface area contributed by atoms with Gasteiger partial charge in [0, 0.05) is 30.0 Å². The third-order valence-corrected chi connectivity index (χ3v) is 5.59. The SMILES string of the molecule is CC(C)(F)C(=O)NCc1cnc(CF)c(C(=O)Nc2ccc3nn(-c4cccc(C(F)(F)F)c4)cc3c2)c1. The number of rotatable bonds is 7. The van der Waals surface area contributed by atoms with Crippen LogP contribution in [-0.4, -0.2) is 32.2 Å². The van der Waals surface area contributed by atoms with E-state index in [2.05, 4.69) is 20.7 Å². The van der Waals surface area contributed by atoms with E-state index in [1.54, 1.807) is 18.2 Å². The predicted molar refractivity (Wildman–Crippen MR) is 130 cm³/mol. The lowest BCUT2D eigenvalue weighted by Gasteiger charge is -2.15. The fraction of sp³-hybridized carbons (Fsp3) is 0.231. The van der Waals surface area contributed by atoms with Crippen molar-refractivity contribution in [3.8, 4) is 5.69 Å². The molecule has 0 fully saturated rings. The molecule has 0 spiro atoms. The second kappa shape index (κ2) is 10.2. The second-order valence-corrected chi connectivity index (χ2v) is 8.98. The van der Waals surface area contributed by atoms with Crippen molar-refractivity contribution in [2.24, 2.45) is 0 Å². The molecule has 198 valence electrons. The number of carbonyl (C=O) groups excluding carboxylic acids is 2.